The Labute approximate surface area is 311 Å². The highest BCUT2D eigenvalue weighted by Crippen LogP contribution is 2.31. The number of carbonyl (C=O) groups is 8. The van der Waals surface area contributed by atoms with Gasteiger partial charge in [-0.25, -0.2) is 14.4 Å². The fourth-order valence-electron chi connectivity index (χ4n) is 4.99. The van der Waals surface area contributed by atoms with E-state index in [9.17, 15) is 38.4 Å². The molecule has 0 radical (unpaired) electrons. The predicted molar refractivity (Wildman–Crippen MR) is 187 cm³/mol. The Morgan fingerprint density at radius 3 is 1.42 bits per heavy atom. The molecule has 298 valence electrons. The molecule has 4 unspecified atom stereocenters. The number of ketones is 1. The van der Waals surface area contributed by atoms with Gasteiger partial charge in [-0.2, -0.15) is 0 Å². The van der Waals surface area contributed by atoms with Gasteiger partial charge in [-0.05, 0) is 89.5 Å². The number of rotatable bonds is 24. The number of hydrogen-bond donors (Lipinski definition) is 1. The highest BCUT2D eigenvalue weighted by atomic mass is 16.6. The van der Waals surface area contributed by atoms with Crippen LogP contribution in [0.2, 0.25) is 0 Å². The van der Waals surface area contributed by atoms with Crippen molar-refractivity contribution in [1.82, 2.24) is 0 Å². The van der Waals surface area contributed by atoms with Crippen LogP contribution in [0, 0.1) is 23.7 Å². The molecule has 0 aromatic heterocycles. The lowest BCUT2D eigenvalue weighted by Gasteiger charge is -2.25. The van der Waals surface area contributed by atoms with Crippen molar-refractivity contribution in [3.05, 3.63) is 24.3 Å². The maximum Gasteiger partial charge on any atom is 0.331 e. The SMILES string of the molecule is COC(C)CCC(=O)/C=C/C(=O)OCCC(C)CCC(=O)OC(=O)C1CCC(C(=O)OC(=O)CCC(C)CCOC(=O)/C=C/C(=O)OCC(C)O)CC1. The molecule has 15 heteroatoms. The lowest BCUT2D eigenvalue weighted by Crippen LogP contribution is -2.30. The summed E-state index contributed by atoms with van der Waals surface area (Å²) in [5.41, 5.74) is 0. The Morgan fingerprint density at radius 2 is 1.00 bits per heavy atom. The third kappa shape index (κ3) is 23.1. The Bertz CT molecular complexity index is 1280. The first-order chi connectivity index (χ1) is 25.1. The second kappa shape index (κ2) is 26.5. The van der Waals surface area contributed by atoms with Crippen molar-refractivity contribution < 1.29 is 71.9 Å². The molecular weight excluding hydrogens is 696 g/mol. The molecule has 1 fully saturated rings. The smallest absolute Gasteiger partial charge is 0.331 e. The van der Waals surface area contributed by atoms with Gasteiger partial charge in [-0.1, -0.05) is 13.8 Å². The minimum Gasteiger partial charge on any atom is -0.463 e. The van der Waals surface area contributed by atoms with Gasteiger partial charge in [0.1, 0.15) is 6.61 Å². The fraction of sp³-hybridized carbons (Fsp3) is 0.684. The van der Waals surface area contributed by atoms with Crippen LogP contribution in [-0.2, 0) is 66.8 Å². The first kappa shape index (κ1) is 46.8. The van der Waals surface area contributed by atoms with E-state index in [-0.39, 0.29) is 62.8 Å². The number of hydrogen-bond acceptors (Lipinski definition) is 15. The third-order valence-electron chi connectivity index (χ3n) is 8.64. The van der Waals surface area contributed by atoms with Crippen molar-refractivity contribution in [2.24, 2.45) is 23.7 Å². The molecule has 0 amide bonds. The zero-order valence-corrected chi connectivity index (χ0v) is 31.5. The number of aliphatic hydroxyl groups is 1. The standard InChI is InChI=1S/C38H56O15/c1-25(20-22-49-32(41)17-14-31(40)13-8-28(4)48-5)6-15-35(44)52-37(46)29-9-11-30(12-10-29)38(47)53-36(45)16-7-26(2)21-23-50-33(42)18-19-34(43)51-24-27(3)39/h14,17-19,25-30,39H,6-13,15-16,20-24H2,1-5H3/b17-14+,19-18+. The summed E-state index contributed by atoms with van der Waals surface area (Å²) in [6.07, 6.45) is 6.97. The van der Waals surface area contributed by atoms with Gasteiger partial charge in [-0.15, -0.1) is 0 Å². The molecule has 1 saturated carbocycles. The summed E-state index contributed by atoms with van der Waals surface area (Å²) in [5.74, 6) is -6.13. The van der Waals surface area contributed by atoms with Gasteiger partial charge in [0.25, 0.3) is 0 Å². The minimum absolute atomic E-state index is 0.000305. The number of allylic oxidation sites excluding steroid dienone is 1. The van der Waals surface area contributed by atoms with Crippen LogP contribution in [-0.4, -0.2) is 91.8 Å². The van der Waals surface area contributed by atoms with E-state index in [0.29, 0.717) is 57.8 Å². The van der Waals surface area contributed by atoms with Crippen LogP contribution in [0.4, 0.5) is 0 Å². The first-order valence-corrected chi connectivity index (χ1v) is 18.2. The van der Waals surface area contributed by atoms with E-state index >= 15 is 0 Å². The minimum atomic E-state index is -0.822. The molecule has 15 nitrogen and oxygen atoms in total. The molecule has 0 aromatic rings. The molecule has 0 saturated heterocycles. The van der Waals surface area contributed by atoms with E-state index in [1.54, 1.807) is 7.11 Å². The number of carbonyl (C=O) groups excluding carboxylic acids is 8. The number of methoxy groups -OCH3 is 1. The van der Waals surface area contributed by atoms with Crippen LogP contribution in [0.1, 0.15) is 105 Å². The van der Waals surface area contributed by atoms with Crippen molar-refractivity contribution in [2.45, 2.75) is 117 Å². The molecule has 0 spiro atoms. The second-order valence-corrected chi connectivity index (χ2v) is 13.5. The van der Waals surface area contributed by atoms with Gasteiger partial charge in [0.2, 0.25) is 0 Å². The van der Waals surface area contributed by atoms with Gasteiger partial charge >= 0.3 is 41.8 Å². The molecule has 53 heavy (non-hydrogen) atoms. The maximum absolute atomic E-state index is 12.6. The lowest BCUT2D eigenvalue weighted by molar-refractivity contribution is -0.168. The van der Waals surface area contributed by atoms with Crippen LogP contribution in [0.5, 0.6) is 0 Å². The molecule has 0 aliphatic heterocycles. The summed E-state index contributed by atoms with van der Waals surface area (Å²) in [7, 11) is 1.56. The van der Waals surface area contributed by atoms with Crippen molar-refractivity contribution in [3.8, 4) is 0 Å². The lowest BCUT2D eigenvalue weighted by atomic mass is 9.82. The van der Waals surface area contributed by atoms with Crippen LogP contribution in [0.3, 0.4) is 0 Å². The molecule has 1 rings (SSSR count). The Morgan fingerprint density at radius 1 is 0.585 bits per heavy atom. The van der Waals surface area contributed by atoms with Gasteiger partial charge in [-0.3, -0.25) is 24.0 Å². The maximum atomic E-state index is 12.6. The Balaban J connectivity index is 2.22. The van der Waals surface area contributed by atoms with Gasteiger partial charge in [0.05, 0.1) is 37.3 Å². The second-order valence-electron chi connectivity index (χ2n) is 13.5. The monoisotopic (exact) mass is 752 g/mol. The summed E-state index contributed by atoms with van der Waals surface area (Å²) >= 11 is 0. The average Bonchev–Trinajstić information content (AvgIpc) is 3.12. The van der Waals surface area contributed by atoms with E-state index < -0.39 is 59.7 Å². The highest BCUT2D eigenvalue weighted by Gasteiger charge is 2.33. The summed E-state index contributed by atoms with van der Waals surface area (Å²) in [5, 5.41) is 9.08. The van der Waals surface area contributed by atoms with E-state index in [1.807, 2.05) is 20.8 Å². The van der Waals surface area contributed by atoms with Crippen molar-refractivity contribution in [2.75, 3.05) is 26.9 Å². The summed E-state index contributed by atoms with van der Waals surface area (Å²) in [4.78, 5) is 96.4. The summed E-state index contributed by atoms with van der Waals surface area (Å²) < 4.78 is 30.0. The van der Waals surface area contributed by atoms with Crippen LogP contribution >= 0.6 is 0 Å². The van der Waals surface area contributed by atoms with Crippen molar-refractivity contribution in [3.63, 3.8) is 0 Å². The average molecular weight is 753 g/mol. The molecule has 0 bridgehead atoms. The number of ether oxygens (including phenoxy) is 6. The molecule has 0 heterocycles. The first-order valence-electron chi connectivity index (χ1n) is 18.2. The topological polar surface area (TPSA) is 212 Å². The normalized spacial score (nSPS) is 18.0. The highest BCUT2D eigenvalue weighted by molar-refractivity contribution is 5.96. The number of esters is 7. The van der Waals surface area contributed by atoms with Crippen LogP contribution < -0.4 is 0 Å². The molecule has 1 aliphatic rings. The van der Waals surface area contributed by atoms with Gasteiger partial charge < -0.3 is 33.5 Å². The molecular formula is C38H56O15. The summed E-state index contributed by atoms with van der Waals surface area (Å²) in [6, 6.07) is 0. The van der Waals surface area contributed by atoms with Gasteiger partial charge in [0, 0.05) is 44.6 Å². The largest absolute Gasteiger partial charge is 0.463 e. The van der Waals surface area contributed by atoms with Gasteiger partial charge in [0.15, 0.2) is 5.78 Å². The van der Waals surface area contributed by atoms with Crippen molar-refractivity contribution >= 4 is 47.6 Å². The zero-order valence-electron chi connectivity index (χ0n) is 31.5. The Kier molecular flexibility index (Phi) is 23.4. The predicted octanol–water partition coefficient (Wildman–Crippen LogP) is 4.05. The zero-order chi connectivity index (χ0) is 39.8. The quantitative estimate of drug-likeness (QED) is 0.0638. The van der Waals surface area contributed by atoms with E-state index in [0.717, 1.165) is 18.2 Å². The molecule has 1 N–H and O–H groups in total. The third-order valence-corrected chi connectivity index (χ3v) is 8.64. The van der Waals surface area contributed by atoms with Crippen LogP contribution in [0.25, 0.3) is 0 Å². The molecule has 4 atom stereocenters. The summed E-state index contributed by atoms with van der Waals surface area (Å²) in [6.45, 7) is 6.98. The van der Waals surface area contributed by atoms with E-state index in [1.165, 1.54) is 13.0 Å². The molecule has 1 aliphatic carbocycles. The molecule has 0 aromatic carbocycles. The van der Waals surface area contributed by atoms with Crippen molar-refractivity contribution in [1.29, 1.82) is 0 Å². The Hall–Kier alpha value is -4.24. The van der Waals surface area contributed by atoms with Crippen LogP contribution in [0.15, 0.2) is 24.3 Å². The van der Waals surface area contributed by atoms with E-state index in [2.05, 4.69) is 4.74 Å². The number of aliphatic hydroxyl groups excluding tert-OH is 1. The van der Waals surface area contributed by atoms with E-state index in [4.69, 9.17) is 28.8 Å². The fourth-order valence-corrected chi connectivity index (χ4v) is 4.99.